The van der Waals surface area contributed by atoms with Gasteiger partial charge in [-0.15, -0.1) is 0 Å². The van der Waals surface area contributed by atoms with Crippen LogP contribution in [0.3, 0.4) is 0 Å². The minimum absolute atomic E-state index is 0.0828. The second-order valence-electron chi connectivity index (χ2n) is 12.8. The van der Waals surface area contributed by atoms with E-state index in [4.69, 9.17) is 10.8 Å². The third kappa shape index (κ3) is 7.92. The number of carbonyl (C=O) groups excluding carboxylic acids is 3. The molecule has 0 bridgehead atoms. The molecule has 5 rings (SSSR count). The normalized spacial score (nSPS) is 27.8. The number of hydrogen-bond acceptors (Lipinski definition) is 5. The molecular weight excluding hydrogens is 468 g/mol. The van der Waals surface area contributed by atoms with E-state index in [0.717, 1.165) is 38.9 Å². The summed E-state index contributed by atoms with van der Waals surface area (Å²) >= 11 is 0. The number of nitrogens with zero attached hydrogens (tertiary/aromatic N) is 2. The summed E-state index contributed by atoms with van der Waals surface area (Å²) in [6, 6.07) is 0. The van der Waals surface area contributed by atoms with Crippen LogP contribution < -0.4 is 11.1 Å². The van der Waals surface area contributed by atoms with Crippen molar-refractivity contribution >= 4 is 17.7 Å². The predicted molar refractivity (Wildman–Crippen MR) is 145 cm³/mol. The number of rotatable bonds is 5. The van der Waals surface area contributed by atoms with Crippen LogP contribution in [0.2, 0.25) is 0 Å². The number of aliphatic hydroxyl groups is 1. The number of nitrogens with two attached hydrogens (primary N) is 1. The molecule has 3 aliphatic heterocycles. The van der Waals surface area contributed by atoms with Crippen molar-refractivity contribution in [3.63, 3.8) is 0 Å². The van der Waals surface area contributed by atoms with Crippen LogP contribution in [0.25, 0.3) is 0 Å². The summed E-state index contributed by atoms with van der Waals surface area (Å²) in [5.74, 6) is 1.10. The van der Waals surface area contributed by atoms with Crippen LogP contribution in [0.5, 0.6) is 0 Å². The molecule has 37 heavy (non-hydrogen) atoms. The number of hydrogen-bond donors (Lipinski definition) is 3. The molecule has 3 saturated heterocycles. The summed E-state index contributed by atoms with van der Waals surface area (Å²) in [7, 11) is 0. The van der Waals surface area contributed by atoms with Crippen LogP contribution >= 0.6 is 0 Å². The Morgan fingerprint density at radius 2 is 1.54 bits per heavy atom. The van der Waals surface area contributed by atoms with E-state index < -0.39 is 0 Å². The Morgan fingerprint density at radius 1 is 0.946 bits per heavy atom. The molecule has 2 atom stereocenters. The number of carbonyl (C=O) groups is 3. The van der Waals surface area contributed by atoms with Crippen molar-refractivity contribution in [2.45, 2.75) is 91.4 Å². The van der Waals surface area contributed by atoms with Crippen LogP contribution in [0.15, 0.2) is 0 Å². The third-order valence-electron chi connectivity index (χ3n) is 9.20. The summed E-state index contributed by atoms with van der Waals surface area (Å²) < 4.78 is 0. The van der Waals surface area contributed by atoms with Crippen molar-refractivity contribution < 1.29 is 19.5 Å². The lowest BCUT2D eigenvalue weighted by molar-refractivity contribution is -0.150. The van der Waals surface area contributed by atoms with E-state index in [1.165, 1.54) is 51.4 Å². The van der Waals surface area contributed by atoms with Gasteiger partial charge in [0, 0.05) is 63.6 Å². The van der Waals surface area contributed by atoms with E-state index in [1.54, 1.807) is 0 Å². The molecular formula is C29H52N4O4. The first kappa shape index (κ1) is 29.9. The minimum Gasteiger partial charge on any atom is -0.396 e. The van der Waals surface area contributed by atoms with Gasteiger partial charge >= 0.3 is 0 Å². The maximum Gasteiger partial charge on any atom is 0.226 e. The molecule has 0 aromatic carbocycles. The highest BCUT2D eigenvalue weighted by atomic mass is 16.3. The lowest BCUT2D eigenvalue weighted by Crippen LogP contribution is -2.64. The number of aliphatic hydroxyl groups excluding tert-OH is 1. The molecule has 2 saturated carbocycles. The summed E-state index contributed by atoms with van der Waals surface area (Å²) in [6.07, 6.45) is 13.0. The van der Waals surface area contributed by atoms with Crippen molar-refractivity contribution in [1.82, 2.24) is 15.1 Å². The second kappa shape index (κ2) is 13.4. The molecule has 2 aliphatic carbocycles. The van der Waals surface area contributed by atoms with Crippen LogP contribution in [0.4, 0.5) is 0 Å². The van der Waals surface area contributed by atoms with Crippen molar-refractivity contribution in [2.75, 3.05) is 45.9 Å². The Morgan fingerprint density at radius 3 is 2.03 bits per heavy atom. The number of primary amides is 1. The highest BCUT2D eigenvalue weighted by Crippen LogP contribution is 2.54. The topological polar surface area (TPSA) is 116 Å². The maximum atomic E-state index is 12.2. The third-order valence-corrected chi connectivity index (χ3v) is 9.20. The van der Waals surface area contributed by atoms with Crippen LogP contribution in [0.1, 0.15) is 91.4 Å². The lowest BCUT2D eigenvalue weighted by atomic mass is 9.71. The smallest absolute Gasteiger partial charge is 0.226 e. The molecule has 0 radical (unpaired) electrons. The fourth-order valence-corrected chi connectivity index (χ4v) is 6.40. The summed E-state index contributed by atoms with van der Waals surface area (Å²) in [6.45, 7) is 11.6. The second-order valence-corrected chi connectivity index (χ2v) is 12.8. The molecule has 4 N–H and O–H groups in total. The summed E-state index contributed by atoms with van der Waals surface area (Å²) in [5.41, 5.74) is 5.53. The molecule has 5 aliphatic rings. The van der Waals surface area contributed by atoms with Gasteiger partial charge in [0.2, 0.25) is 17.7 Å². The number of likely N-dealkylation sites (tertiary alicyclic amines) is 2. The molecule has 0 aromatic heterocycles. The highest BCUT2D eigenvalue weighted by Gasteiger charge is 2.59. The largest absolute Gasteiger partial charge is 0.396 e. The van der Waals surface area contributed by atoms with E-state index in [0.29, 0.717) is 38.1 Å². The Labute approximate surface area is 224 Å². The van der Waals surface area contributed by atoms with Gasteiger partial charge in [0.1, 0.15) is 0 Å². The zero-order chi connectivity index (χ0) is 27.1. The quantitative estimate of drug-likeness (QED) is 0.515. The Bertz CT molecular complexity index is 768. The Hall–Kier alpha value is -1.67. The Balaban J connectivity index is 0.000000171. The van der Waals surface area contributed by atoms with E-state index in [1.807, 2.05) is 9.80 Å². The van der Waals surface area contributed by atoms with Gasteiger partial charge in [-0.25, -0.2) is 0 Å². The minimum atomic E-state index is -0.237. The van der Waals surface area contributed by atoms with Gasteiger partial charge in [-0.2, -0.15) is 0 Å². The first-order chi connectivity index (χ1) is 17.6. The molecule has 0 aromatic rings. The highest BCUT2D eigenvalue weighted by molar-refractivity contribution is 5.84. The van der Waals surface area contributed by atoms with Gasteiger partial charge in [-0.05, 0) is 56.3 Å². The lowest BCUT2D eigenvalue weighted by Gasteiger charge is -2.50. The number of piperidine rings is 1. The van der Waals surface area contributed by atoms with Gasteiger partial charge in [0.25, 0.3) is 0 Å². The predicted octanol–water partition coefficient (Wildman–Crippen LogP) is 2.92. The van der Waals surface area contributed by atoms with E-state index >= 15 is 0 Å². The SMILES string of the molecule is CC1(C)CC1C(=O)N1CC2(CNC[C@H]2C(N)=O)C1.CCCC(=O)N1CCCCC1.OCC1CCCCC1. The van der Waals surface area contributed by atoms with E-state index in [-0.39, 0.29) is 34.5 Å². The molecule has 1 spiro atoms. The van der Waals surface area contributed by atoms with Gasteiger partial charge in [-0.1, -0.05) is 40.0 Å². The van der Waals surface area contributed by atoms with Gasteiger partial charge < -0.3 is 26.0 Å². The van der Waals surface area contributed by atoms with Crippen molar-refractivity contribution in [2.24, 2.45) is 34.3 Å². The molecule has 5 fully saturated rings. The van der Waals surface area contributed by atoms with Crippen LogP contribution in [0, 0.1) is 28.6 Å². The fourth-order valence-electron chi connectivity index (χ4n) is 6.40. The van der Waals surface area contributed by atoms with Gasteiger partial charge in [0.15, 0.2) is 0 Å². The monoisotopic (exact) mass is 520 g/mol. The Kier molecular flexibility index (Phi) is 10.8. The molecule has 8 nitrogen and oxygen atoms in total. The van der Waals surface area contributed by atoms with Crippen molar-refractivity contribution in [3.05, 3.63) is 0 Å². The van der Waals surface area contributed by atoms with Crippen LogP contribution in [-0.2, 0) is 14.4 Å². The van der Waals surface area contributed by atoms with Crippen molar-refractivity contribution in [3.8, 4) is 0 Å². The fraction of sp³-hybridized carbons (Fsp3) is 0.897. The van der Waals surface area contributed by atoms with Crippen LogP contribution in [-0.4, -0.2) is 78.5 Å². The first-order valence-corrected chi connectivity index (χ1v) is 14.8. The zero-order valence-corrected chi connectivity index (χ0v) is 23.6. The first-order valence-electron chi connectivity index (χ1n) is 14.8. The zero-order valence-electron chi connectivity index (χ0n) is 23.6. The van der Waals surface area contributed by atoms with Gasteiger partial charge in [-0.3, -0.25) is 14.4 Å². The maximum absolute atomic E-state index is 12.2. The molecule has 3 amide bonds. The average Bonchev–Trinajstić information content (AvgIpc) is 3.30. The standard InChI is InChI=1S/C13H21N3O2.C9H17NO.C7H14O/c1-12(2)3-8(12)11(18)16-6-13(7-16)5-15-4-9(13)10(14)17;1-2-6-9(11)10-7-4-3-5-8-10;8-6-7-4-2-1-3-5-7/h8-9,15H,3-7H2,1-2H3,(H2,14,17);2-8H2,1H3;7-8H,1-6H2/t8?,9-;;/m0../s1. The molecule has 8 heteroatoms. The molecule has 212 valence electrons. The summed E-state index contributed by atoms with van der Waals surface area (Å²) in [5, 5.41) is 11.9. The number of amides is 3. The van der Waals surface area contributed by atoms with Gasteiger partial charge in [0.05, 0.1) is 5.92 Å². The summed E-state index contributed by atoms with van der Waals surface area (Å²) in [4.78, 5) is 38.9. The molecule has 1 unspecified atom stereocenters. The van der Waals surface area contributed by atoms with E-state index in [9.17, 15) is 14.4 Å². The molecule has 3 heterocycles. The van der Waals surface area contributed by atoms with Crippen molar-refractivity contribution in [1.29, 1.82) is 0 Å². The average molecular weight is 521 g/mol. The number of nitrogens with one attached hydrogen (secondary N) is 1. The van der Waals surface area contributed by atoms with E-state index in [2.05, 4.69) is 26.1 Å².